The van der Waals surface area contributed by atoms with Crippen molar-refractivity contribution in [3.8, 4) is 0 Å². The van der Waals surface area contributed by atoms with Crippen molar-refractivity contribution in [1.82, 2.24) is 0 Å². The number of ether oxygens (including phenoxy) is 2. The quantitative estimate of drug-likeness (QED) is 0.551. The second kappa shape index (κ2) is 3.35. The van der Waals surface area contributed by atoms with E-state index in [1.807, 2.05) is 0 Å². The molecule has 0 unspecified atom stereocenters. The van der Waals surface area contributed by atoms with Crippen LogP contribution in [0.15, 0.2) is 0 Å². The first kappa shape index (κ1) is 8.52. The normalized spacial score (nSPS) is 48.5. The molecule has 2 fully saturated rings. The highest BCUT2D eigenvalue weighted by Crippen LogP contribution is 2.35. The Balaban J connectivity index is 2.03. The summed E-state index contributed by atoms with van der Waals surface area (Å²) in [5, 5.41) is 0. The molecule has 0 aromatic rings. The molecular weight excluding hydrogens is 152 g/mol. The molecule has 0 N–H and O–H groups in total. The molecule has 4 atom stereocenters. The van der Waals surface area contributed by atoms with Crippen molar-refractivity contribution in [3.05, 3.63) is 0 Å². The van der Waals surface area contributed by atoms with Crippen LogP contribution in [0, 0.1) is 17.8 Å². The first-order valence-corrected chi connectivity index (χ1v) is 4.98. The van der Waals surface area contributed by atoms with Crippen LogP contribution in [-0.2, 0) is 9.47 Å². The minimum atomic E-state index is 0.448. The Bertz CT molecular complexity index is 156. The summed E-state index contributed by atoms with van der Waals surface area (Å²) < 4.78 is 11.1. The standard InChI is InChI=1S/C10H18O2/c1-7-8(2)12-6-9-5-11-4-3-10(7)9/h7-10H,3-6H2,1-2H3/t7-,8+,9-,10+/m1/s1. The fourth-order valence-electron chi connectivity index (χ4n) is 2.45. The molecule has 0 saturated carbocycles. The molecule has 0 aromatic heterocycles. The van der Waals surface area contributed by atoms with Gasteiger partial charge in [-0.15, -0.1) is 0 Å². The molecule has 2 aliphatic heterocycles. The third kappa shape index (κ3) is 1.38. The summed E-state index contributed by atoms with van der Waals surface area (Å²) in [6.45, 7) is 7.29. The van der Waals surface area contributed by atoms with E-state index in [0.29, 0.717) is 17.9 Å². The van der Waals surface area contributed by atoms with E-state index in [9.17, 15) is 0 Å². The maximum absolute atomic E-state index is 5.68. The van der Waals surface area contributed by atoms with Crippen molar-refractivity contribution in [2.24, 2.45) is 17.8 Å². The van der Waals surface area contributed by atoms with E-state index < -0.39 is 0 Å². The molecule has 0 spiro atoms. The van der Waals surface area contributed by atoms with Crippen LogP contribution in [0.3, 0.4) is 0 Å². The monoisotopic (exact) mass is 170 g/mol. The minimum Gasteiger partial charge on any atom is -0.381 e. The SMILES string of the molecule is C[C@H]1[C@@H]2CCOC[C@@H]2CO[C@H]1C. The molecule has 2 saturated heterocycles. The zero-order valence-corrected chi connectivity index (χ0v) is 7.95. The average Bonchev–Trinajstić information content (AvgIpc) is 2.12. The van der Waals surface area contributed by atoms with Gasteiger partial charge in [0.05, 0.1) is 19.3 Å². The number of fused-ring (bicyclic) bond motifs is 1. The molecule has 2 aliphatic rings. The first-order valence-electron chi connectivity index (χ1n) is 4.98. The molecule has 2 rings (SSSR count). The molecule has 2 nitrogen and oxygen atoms in total. The molecule has 0 aromatic carbocycles. The molecule has 12 heavy (non-hydrogen) atoms. The zero-order chi connectivity index (χ0) is 8.55. The maximum atomic E-state index is 5.68. The summed E-state index contributed by atoms with van der Waals surface area (Å²) in [6, 6.07) is 0. The Labute approximate surface area is 74.2 Å². The van der Waals surface area contributed by atoms with Crippen molar-refractivity contribution in [1.29, 1.82) is 0 Å². The third-order valence-corrected chi connectivity index (χ3v) is 3.52. The molecule has 2 heteroatoms. The Morgan fingerprint density at radius 1 is 1.17 bits per heavy atom. The van der Waals surface area contributed by atoms with E-state index >= 15 is 0 Å². The van der Waals surface area contributed by atoms with Crippen LogP contribution >= 0.6 is 0 Å². The minimum absolute atomic E-state index is 0.448. The number of rotatable bonds is 0. The van der Waals surface area contributed by atoms with Gasteiger partial charge in [0.25, 0.3) is 0 Å². The third-order valence-electron chi connectivity index (χ3n) is 3.52. The van der Waals surface area contributed by atoms with Crippen molar-refractivity contribution in [2.75, 3.05) is 19.8 Å². The van der Waals surface area contributed by atoms with Gasteiger partial charge in [0.2, 0.25) is 0 Å². The maximum Gasteiger partial charge on any atom is 0.0575 e. The predicted molar refractivity (Wildman–Crippen MR) is 47.0 cm³/mol. The summed E-state index contributed by atoms with van der Waals surface area (Å²) in [6.07, 6.45) is 1.68. The summed E-state index contributed by atoms with van der Waals surface area (Å²) in [4.78, 5) is 0. The van der Waals surface area contributed by atoms with Gasteiger partial charge in [-0.25, -0.2) is 0 Å². The van der Waals surface area contributed by atoms with Gasteiger partial charge in [0, 0.05) is 12.5 Å². The highest BCUT2D eigenvalue weighted by molar-refractivity contribution is 4.84. The van der Waals surface area contributed by atoms with Crippen molar-refractivity contribution in [2.45, 2.75) is 26.4 Å². The lowest BCUT2D eigenvalue weighted by atomic mass is 9.75. The van der Waals surface area contributed by atoms with E-state index in [4.69, 9.17) is 9.47 Å². The van der Waals surface area contributed by atoms with Crippen LogP contribution < -0.4 is 0 Å². The average molecular weight is 170 g/mol. The van der Waals surface area contributed by atoms with Gasteiger partial charge in [-0.1, -0.05) is 6.92 Å². The van der Waals surface area contributed by atoms with E-state index in [1.165, 1.54) is 6.42 Å². The van der Waals surface area contributed by atoms with Gasteiger partial charge in [-0.05, 0) is 25.2 Å². The second-order valence-corrected chi connectivity index (χ2v) is 4.19. The Hall–Kier alpha value is -0.0800. The van der Waals surface area contributed by atoms with Crippen LogP contribution in [0.5, 0.6) is 0 Å². The summed E-state index contributed by atoms with van der Waals surface area (Å²) in [5.41, 5.74) is 0. The fourth-order valence-corrected chi connectivity index (χ4v) is 2.45. The summed E-state index contributed by atoms with van der Waals surface area (Å²) >= 11 is 0. The van der Waals surface area contributed by atoms with Crippen LogP contribution in [0.25, 0.3) is 0 Å². The molecule has 2 heterocycles. The van der Waals surface area contributed by atoms with Gasteiger partial charge >= 0.3 is 0 Å². The zero-order valence-electron chi connectivity index (χ0n) is 7.95. The van der Waals surface area contributed by atoms with Crippen LogP contribution in [0.1, 0.15) is 20.3 Å². The second-order valence-electron chi connectivity index (χ2n) is 4.19. The number of hydrogen-bond donors (Lipinski definition) is 0. The van der Waals surface area contributed by atoms with Crippen molar-refractivity contribution >= 4 is 0 Å². The lowest BCUT2D eigenvalue weighted by molar-refractivity contribution is -0.126. The highest BCUT2D eigenvalue weighted by atomic mass is 16.5. The van der Waals surface area contributed by atoms with Gasteiger partial charge in [0.1, 0.15) is 0 Å². The number of hydrogen-bond acceptors (Lipinski definition) is 2. The van der Waals surface area contributed by atoms with Gasteiger partial charge in [0.15, 0.2) is 0 Å². The Morgan fingerprint density at radius 3 is 2.83 bits per heavy atom. The van der Waals surface area contributed by atoms with E-state index in [2.05, 4.69) is 13.8 Å². The van der Waals surface area contributed by atoms with Gasteiger partial charge in [-0.3, -0.25) is 0 Å². The molecule has 0 aliphatic carbocycles. The fraction of sp³-hybridized carbons (Fsp3) is 1.00. The van der Waals surface area contributed by atoms with Gasteiger partial charge < -0.3 is 9.47 Å². The predicted octanol–water partition coefficient (Wildman–Crippen LogP) is 1.69. The molecule has 0 radical (unpaired) electrons. The Kier molecular flexibility index (Phi) is 2.37. The van der Waals surface area contributed by atoms with E-state index in [1.54, 1.807) is 0 Å². The molecule has 0 amide bonds. The van der Waals surface area contributed by atoms with E-state index in [-0.39, 0.29) is 0 Å². The lowest BCUT2D eigenvalue weighted by Gasteiger charge is -2.42. The van der Waals surface area contributed by atoms with E-state index in [0.717, 1.165) is 25.7 Å². The smallest absolute Gasteiger partial charge is 0.0575 e. The van der Waals surface area contributed by atoms with Crippen molar-refractivity contribution in [3.63, 3.8) is 0 Å². The molecule has 70 valence electrons. The highest BCUT2D eigenvalue weighted by Gasteiger charge is 2.37. The largest absolute Gasteiger partial charge is 0.381 e. The van der Waals surface area contributed by atoms with Crippen molar-refractivity contribution < 1.29 is 9.47 Å². The topological polar surface area (TPSA) is 18.5 Å². The summed E-state index contributed by atoms with van der Waals surface area (Å²) in [7, 11) is 0. The Morgan fingerprint density at radius 2 is 2.00 bits per heavy atom. The lowest BCUT2D eigenvalue weighted by Crippen LogP contribution is -2.44. The van der Waals surface area contributed by atoms with Crippen LogP contribution in [0.4, 0.5) is 0 Å². The molecule has 0 bridgehead atoms. The summed E-state index contributed by atoms with van der Waals surface area (Å²) in [5.74, 6) is 2.24. The van der Waals surface area contributed by atoms with Crippen LogP contribution in [0.2, 0.25) is 0 Å². The van der Waals surface area contributed by atoms with Gasteiger partial charge in [-0.2, -0.15) is 0 Å². The van der Waals surface area contributed by atoms with Crippen LogP contribution in [-0.4, -0.2) is 25.9 Å². The molecular formula is C10H18O2. The first-order chi connectivity index (χ1) is 5.79.